The molecule has 1 amide bonds. The van der Waals surface area contributed by atoms with Crippen molar-refractivity contribution in [1.82, 2.24) is 0 Å². The standard InChI is InChI=1S/C20H25NO2/c1-2-3-16-23-19-14-8-7-13-18(19)21-20(22)15-9-12-17-10-5-4-6-11-17/h4-8,10-11,13-14H,2-3,9,12,15-16H2,1H3,(H,21,22). The largest absolute Gasteiger partial charge is 0.491 e. The van der Waals surface area contributed by atoms with Gasteiger partial charge in [0.2, 0.25) is 5.91 Å². The Kier molecular flexibility index (Phi) is 7.18. The topological polar surface area (TPSA) is 38.3 Å². The molecule has 122 valence electrons. The second-order valence-corrected chi connectivity index (χ2v) is 5.59. The van der Waals surface area contributed by atoms with E-state index in [4.69, 9.17) is 4.74 Å². The molecule has 0 atom stereocenters. The molecule has 0 fully saturated rings. The quantitative estimate of drug-likeness (QED) is 0.674. The van der Waals surface area contributed by atoms with E-state index in [0.717, 1.165) is 37.1 Å². The van der Waals surface area contributed by atoms with Crippen LogP contribution in [0.25, 0.3) is 0 Å². The van der Waals surface area contributed by atoms with Gasteiger partial charge < -0.3 is 10.1 Å². The SMILES string of the molecule is CCCCOc1ccccc1NC(=O)CCCc1ccccc1. The van der Waals surface area contributed by atoms with E-state index in [9.17, 15) is 4.79 Å². The van der Waals surface area contributed by atoms with Crippen LogP contribution in [0.15, 0.2) is 54.6 Å². The summed E-state index contributed by atoms with van der Waals surface area (Å²) in [6.45, 7) is 2.81. The van der Waals surface area contributed by atoms with Crippen molar-refractivity contribution in [1.29, 1.82) is 0 Å². The Labute approximate surface area is 138 Å². The summed E-state index contributed by atoms with van der Waals surface area (Å²) in [7, 11) is 0. The average molecular weight is 311 g/mol. The number of benzene rings is 2. The monoisotopic (exact) mass is 311 g/mol. The number of hydrogen-bond donors (Lipinski definition) is 1. The number of hydrogen-bond acceptors (Lipinski definition) is 2. The third kappa shape index (κ3) is 6.15. The van der Waals surface area contributed by atoms with Crippen molar-refractivity contribution in [3.8, 4) is 5.75 Å². The summed E-state index contributed by atoms with van der Waals surface area (Å²) in [4.78, 5) is 12.1. The van der Waals surface area contributed by atoms with Gasteiger partial charge in [-0.25, -0.2) is 0 Å². The number of unbranched alkanes of at least 4 members (excludes halogenated alkanes) is 1. The number of nitrogens with one attached hydrogen (secondary N) is 1. The summed E-state index contributed by atoms with van der Waals surface area (Å²) in [6.07, 6.45) is 4.38. The van der Waals surface area contributed by atoms with Crippen molar-refractivity contribution in [2.75, 3.05) is 11.9 Å². The summed E-state index contributed by atoms with van der Waals surface area (Å²) >= 11 is 0. The van der Waals surface area contributed by atoms with E-state index in [-0.39, 0.29) is 5.91 Å². The highest BCUT2D eigenvalue weighted by Crippen LogP contribution is 2.24. The van der Waals surface area contributed by atoms with Crippen LogP contribution in [0.3, 0.4) is 0 Å². The van der Waals surface area contributed by atoms with Gasteiger partial charge >= 0.3 is 0 Å². The molecule has 23 heavy (non-hydrogen) atoms. The second-order valence-electron chi connectivity index (χ2n) is 5.59. The smallest absolute Gasteiger partial charge is 0.224 e. The van der Waals surface area contributed by atoms with Crippen LogP contribution >= 0.6 is 0 Å². The Bertz CT molecular complexity index is 596. The van der Waals surface area contributed by atoms with Crippen LogP contribution in [-0.4, -0.2) is 12.5 Å². The van der Waals surface area contributed by atoms with E-state index in [0.29, 0.717) is 13.0 Å². The third-order valence-electron chi connectivity index (χ3n) is 3.63. The summed E-state index contributed by atoms with van der Waals surface area (Å²) in [5.74, 6) is 0.782. The molecular weight excluding hydrogens is 286 g/mol. The third-order valence-corrected chi connectivity index (χ3v) is 3.63. The van der Waals surface area contributed by atoms with Crippen LogP contribution in [0, 0.1) is 0 Å². The van der Waals surface area contributed by atoms with E-state index in [1.807, 2.05) is 42.5 Å². The number of carbonyl (C=O) groups is 1. The van der Waals surface area contributed by atoms with Gasteiger partial charge in [-0.05, 0) is 37.0 Å². The lowest BCUT2D eigenvalue weighted by Crippen LogP contribution is -2.12. The number of aryl methyl sites for hydroxylation is 1. The minimum absolute atomic E-state index is 0.0347. The first-order chi connectivity index (χ1) is 11.3. The predicted molar refractivity (Wildman–Crippen MR) is 94.9 cm³/mol. The average Bonchev–Trinajstić information content (AvgIpc) is 2.57. The Morgan fingerprint density at radius 1 is 1.00 bits per heavy atom. The maximum absolute atomic E-state index is 12.1. The van der Waals surface area contributed by atoms with Crippen LogP contribution in [0.5, 0.6) is 5.75 Å². The van der Waals surface area contributed by atoms with Crippen LogP contribution in [0.1, 0.15) is 38.2 Å². The van der Waals surface area contributed by atoms with E-state index >= 15 is 0 Å². The van der Waals surface area contributed by atoms with E-state index in [1.165, 1.54) is 5.56 Å². The Hall–Kier alpha value is -2.29. The highest BCUT2D eigenvalue weighted by Gasteiger charge is 2.07. The summed E-state index contributed by atoms with van der Waals surface area (Å²) in [6, 6.07) is 17.9. The number of carbonyl (C=O) groups excluding carboxylic acids is 1. The first-order valence-corrected chi connectivity index (χ1v) is 8.35. The summed E-state index contributed by atoms with van der Waals surface area (Å²) in [5, 5.41) is 2.96. The molecule has 0 bridgehead atoms. The van der Waals surface area contributed by atoms with E-state index in [1.54, 1.807) is 0 Å². The summed E-state index contributed by atoms with van der Waals surface area (Å²) in [5.41, 5.74) is 2.02. The molecule has 0 unspecified atom stereocenters. The van der Waals surface area contributed by atoms with Crippen LogP contribution in [0.4, 0.5) is 5.69 Å². The van der Waals surface area contributed by atoms with Gasteiger partial charge in [0.05, 0.1) is 12.3 Å². The molecule has 3 heteroatoms. The Morgan fingerprint density at radius 3 is 2.52 bits per heavy atom. The molecule has 0 saturated heterocycles. The maximum atomic E-state index is 12.1. The highest BCUT2D eigenvalue weighted by atomic mass is 16.5. The molecule has 0 spiro atoms. The molecule has 0 heterocycles. The zero-order valence-electron chi connectivity index (χ0n) is 13.8. The molecule has 0 aliphatic rings. The molecule has 0 aliphatic carbocycles. The lowest BCUT2D eigenvalue weighted by molar-refractivity contribution is -0.116. The normalized spacial score (nSPS) is 10.3. The number of amides is 1. The molecule has 0 radical (unpaired) electrons. The molecule has 2 aromatic carbocycles. The number of anilines is 1. The second kappa shape index (κ2) is 9.67. The first-order valence-electron chi connectivity index (χ1n) is 8.35. The van der Waals surface area contributed by atoms with E-state index in [2.05, 4.69) is 24.4 Å². The van der Waals surface area contributed by atoms with Gasteiger partial charge in [-0.15, -0.1) is 0 Å². The molecular formula is C20H25NO2. The van der Waals surface area contributed by atoms with Gasteiger partial charge in [0.15, 0.2) is 0 Å². The Morgan fingerprint density at radius 2 is 1.74 bits per heavy atom. The van der Waals surface area contributed by atoms with Crippen LogP contribution in [0.2, 0.25) is 0 Å². The number of ether oxygens (including phenoxy) is 1. The molecule has 1 N–H and O–H groups in total. The van der Waals surface area contributed by atoms with Crippen molar-refractivity contribution in [2.45, 2.75) is 39.0 Å². The van der Waals surface area contributed by atoms with Crippen molar-refractivity contribution >= 4 is 11.6 Å². The van der Waals surface area contributed by atoms with Crippen molar-refractivity contribution in [3.63, 3.8) is 0 Å². The lowest BCUT2D eigenvalue weighted by atomic mass is 10.1. The fraction of sp³-hybridized carbons (Fsp3) is 0.350. The zero-order valence-corrected chi connectivity index (χ0v) is 13.8. The molecule has 2 aromatic rings. The molecule has 0 aliphatic heterocycles. The lowest BCUT2D eigenvalue weighted by Gasteiger charge is -2.12. The number of rotatable bonds is 9. The van der Waals surface area contributed by atoms with E-state index < -0.39 is 0 Å². The number of para-hydroxylation sites is 2. The fourth-order valence-electron chi connectivity index (χ4n) is 2.33. The van der Waals surface area contributed by atoms with Gasteiger partial charge in [-0.2, -0.15) is 0 Å². The van der Waals surface area contributed by atoms with Crippen molar-refractivity contribution in [3.05, 3.63) is 60.2 Å². The molecule has 0 saturated carbocycles. The van der Waals surface area contributed by atoms with Crippen LogP contribution < -0.4 is 10.1 Å². The predicted octanol–water partition coefficient (Wildman–Crippen LogP) is 4.83. The fourth-order valence-corrected chi connectivity index (χ4v) is 2.33. The maximum Gasteiger partial charge on any atom is 0.224 e. The van der Waals surface area contributed by atoms with Crippen molar-refractivity contribution < 1.29 is 9.53 Å². The minimum Gasteiger partial charge on any atom is -0.491 e. The summed E-state index contributed by atoms with van der Waals surface area (Å²) < 4.78 is 5.74. The molecule has 2 rings (SSSR count). The zero-order chi connectivity index (χ0) is 16.3. The van der Waals surface area contributed by atoms with Gasteiger partial charge in [0.1, 0.15) is 5.75 Å². The first kappa shape index (κ1) is 17.1. The molecule has 0 aromatic heterocycles. The molecule has 3 nitrogen and oxygen atoms in total. The van der Waals surface area contributed by atoms with Crippen LogP contribution in [-0.2, 0) is 11.2 Å². The minimum atomic E-state index is 0.0347. The van der Waals surface area contributed by atoms with Gasteiger partial charge in [-0.1, -0.05) is 55.8 Å². The van der Waals surface area contributed by atoms with Gasteiger partial charge in [-0.3, -0.25) is 4.79 Å². The van der Waals surface area contributed by atoms with Gasteiger partial charge in [0.25, 0.3) is 0 Å². The van der Waals surface area contributed by atoms with Crippen molar-refractivity contribution in [2.24, 2.45) is 0 Å². The van der Waals surface area contributed by atoms with Gasteiger partial charge in [0, 0.05) is 6.42 Å². The Balaban J connectivity index is 1.80. The highest BCUT2D eigenvalue weighted by molar-refractivity contribution is 5.92.